The van der Waals surface area contributed by atoms with E-state index in [1.54, 1.807) is 32.4 Å². The Morgan fingerprint density at radius 1 is 1.43 bits per heavy atom. The molecule has 8 heteroatoms. The van der Waals surface area contributed by atoms with Crippen molar-refractivity contribution >= 4 is 39.8 Å². The number of allylic oxidation sites excluding steroid dienone is 1. The number of ether oxygens (including phenoxy) is 1. The first-order valence-corrected chi connectivity index (χ1v) is 7.15. The Labute approximate surface area is 136 Å². The Hall–Kier alpha value is -2.80. The maximum atomic E-state index is 12.3. The minimum Gasteiger partial charge on any atom is -0.497 e. The van der Waals surface area contributed by atoms with Crippen LogP contribution in [0, 0.1) is 5.41 Å². The predicted molar refractivity (Wildman–Crippen MR) is 88.4 cm³/mol. The number of rotatable bonds is 3. The van der Waals surface area contributed by atoms with Crippen molar-refractivity contribution < 1.29 is 9.53 Å². The maximum absolute atomic E-state index is 12.3. The molecule has 0 aliphatic carbocycles. The van der Waals surface area contributed by atoms with Gasteiger partial charge in [0.25, 0.3) is 5.91 Å². The third kappa shape index (κ3) is 2.55. The van der Waals surface area contributed by atoms with Crippen LogP contribution < -0.4 is 15.4 Å². The second-order valence-electron chi connectivity index (χ2n) is 4.83. The summed E-state index contributed by atoms with van der Waals surface area (Å²) in [5, 5.41) is 13.5. The molecule has 1 aliphatic rings. The third-order valence-corrected chi connectivity index (χ3v) is 3.78. The first-order valence-electron chi connectivity index (χ1n) is 6.77. The molecule has 0 saturated heterocycles. The number of halogens is 1. The van der Waals surface area contributed by atoms with Gasteiger partial charge in [-0.1, -0.05) is 11.6 Å². The number of aromatic amines is 1. The van der Waals surface area contributed by atoms with Crippen LogP contribution in [-0.2, 0) is 4.79 Å². The summed E-state index contributed by atoms with van der Waals surface area (Å²) in [7, 11) is 3.25. The number of nitrogens with zero attached hydrogens (tertiary/aromatic N) is 1. The van der Waals surface area contributed by atoms with Crippen LogP contribution in [-0.4, -0.2) is 35.7 Å². The third-order valence-electron chi connectivity index (χ3n) is 3.40. The van der Waals surface area contributed by atoms with Crippen LogP contribution in [0.15, 0.2) is 35.1 Å². The lowest BCUT2D eigenvalue weighted by Gasteiger charge is -2.19. The highest BCUT2D eigenvalue weighted by Crippen LogP contribution is 2.28. The summed E-state index contributed by atoms with van der Waals surface area (Å²) >= 11 is 6.22. The molecule has 3 rings (SSSR count). The number of amides is 1. The van der Waals surface area contributed by atoms with Crippen molar-refractivity contribution in [1.29, 1.82) is 5.41 Å². The normalized spacial score (nSPS) is 16.9. The van der Waals surface area contributed by atoms with E-state index in [0.717, 1.165) is 0 Å². The van der Waals surface area contributed by atoms with E-state index in [2.05, 4.69) is 20.6 Å². The second-order valence-corrected chi connectivity index (χ2v) is 5.21. The summed E-state index contributed by atoms with van der Waals surface area (Å²) < 4.78 is 5.16. The SMILES string of the molecule is CN/C=C1/NC(=O)C(c2nc3ccc(OC)cc3[nH]2)=C(Cl)C1=N. The van der Waals surface area contributed by atoms with E-state index >= 15 is 0 Å². The lowest BCUT2D eigenvalue weighted by molar-refractivity contribution is -0.115. The van der Waals surface area contributed by atoms with E-state index in [4.69, 9.17) is 21.7 Å². The van der Waals surface area contributed by atoms with Crippen LogP contribution in [0.4, 0.5) is 0 Å². The number of H-pyrrole nitrogens is 1. The van der Waals surface area contributed by atoms with Gasteiger partial charge < -0.3 is 20.4 Å². The largest absolute Gasteiger partial charge is 0.497 e. The first-order chi connectivity index (χ1) is 11.0. The van der Waals surface area contributed by atoms with Gasteiger partial charge in [0.05, 0.1) is 34.6 Å². The van der Waals surface area contributed by atoms with Gasteiger partial charge >= 0.3 is 0 Å². The van der Waals surface area contributed by atoms with Crippen LogP contribution in [0.2, 0.25) is 0 Å². The van der Waals surface area contributed by atoms with Gasteiger partial charge in [0, 0.05) is 19.3 Å². The van der Waals surface area contributed by atoms with Gasteiger partial charge in [-0.05, 0) is 12.1 Å². The molecule has 0 fully saturated rings. The van der Waals surface area contributed by atoms with E-state index in [9.17, 15) is 4.79 Å². The highest BCUT2D eigenvalue weighted by molar-refractivity contribution is 6.54. The molecule has 1 aliphatic heterocycles. The average Bonchev–Trinajstić information content (AvgIpc) is 2.94. The summed E-state index contributed by atoms with van der Waals surface area (Å²) in [4.78, 5) is 19.7. The molecule has 0 saturated carbocycles. The molecule has 0 unspecified atom stereocenters. The Morgan fingerprint density at radius 3 is 2.91 bits per heavy atom. The lowest BCUT2D eigenvalue weighted by Crippen LogP contribution is -2.35. The average molecular weight is 332 g/mol. The van der Waals surface area contributed by atoms with Crippen LogP contribution in [0.5, 0.6) is 5.75 Å². The minimum atomic E-state index is -0.418. The molecule has 1 aromatic carbocycles. The fourth-order valence-electron chi connectivity index (χ4n) is 2.29. The number of fused-ring (bicyclic) bond motifs is 1. The predicted octanol–water partition coefficient (Wildman–Crippen LogP) is 1.73. The lowest BCUT2D eigenvalue weighted by atomic mass is 10.1. The van der Waals surface area contributed by atoms with Crippen molar-refractivity contribution in [2.24, 2.45) is 0 Å². The van der Waals surface area contributed by atoms with Crippen molar-refractivity contribution in [3.05, 3.63) is 41.0 Å². The van der Waals surface area contributed by atoms with Gasteiger partial charge in [0.15, 0.2) is 0 Å². The Morgan fingerprint density at radius 2 is 2.22 bits per heavy atom. The maximum Gasteiger partial charge on any atom is 0.261 e. The molecule has 1 aromatic heterocycles. The zero-order chi connectivity index (χ0) is 16.6. The van der Waals surface area contributed by atoms with Crippen molar-refractivity contribution in [3.63, 3.8) is 0 Å². The van der Waals surface area contributed by atoms with Crippen molar-refractivity contribution in [1.82, 2.24) is 20.6 Å². The zero-order valence-corrected chi connectivity index (χ0v) is 13.2. The number of nitrogens with one attached hydrogen (secondary N) is 4. The molecule has 23 heavy (non-hydrogen) atoms. The quantitative estimate of drug-likeness (QED) is 0.687. The van der Waals surface area contributed by atoms with E-state index in [0.29, 0.717) is 28.3 Å². The first kappa shape index (κ1) is 15.1. The number of methoxy groups -OCH3 is 1. The molecule has 7 nitrogen and oxygen atoms in total. The highest BCUT2D eigenvalue weighted by atomic mass is 35.5. The van der Waals surface area contributed by atoms with Gasteiger partial charge in [0.2, 0.25) is 0 Å². The topological polar surface area (TPSA) is 103 Å². The van der Waals surface area contributed by atoms with Crippen LogP contribution in [0.25, 0.3) is 16.6 Å². The summed E-state index contributed by atoms with van der Waals surface area (Å²) in [6.45, 7) is 0. The Balaban J connectivity index is 2.11. The fourth-order valence-corrected chi connectivity index (χ4v) is 2.57. The summed E-state index contributed by atoms with van der Waals surface area (Å²) in [6.07, 6.45) is 1.50. The van der Waals surface area contributed by atoms with Crippen molar-refractivity contribution in [2.45, 2.75) is 0 Å². The zero-order valence-electron chi connectivity index (χ0n) is 12.5. The van der Waals surface area contributed by atoms with Crippen LogP contribution >= 0.6 is 11.6 Å². The minimum absolute atomic E-state index is 0.0219. The highest BCUT2D eigenvalue weighted by Gasteiger charge is 2.29. The Kier molecular flexibility index (Phi) is 3.79. The van der Waals surface area contributed by atoms with E-state index in [-0.39, 0.29) is 16.3 Å². The summed E-state index contributed by atoms with van der Waals surface area (Å²) in [5.41, 5.74) is 1.86. The molecule has 0 bridgehead atoms. The van der Waals surface area contributed by atoms with Crippen LogP contribution in [0.3, 0.4) is 0 Å². The second kappa shape index (κ2) is 5.77. The van der Waals surface area contributed by atoms with Gasteiger partial charge in [-0.15, -0.1) is 0 Å². The number of benzene rings is 1. The molecule has 0 atom stereocenters. The number of hydrogen-bond acceptors (Lipinski definition) is 5. The van der Waals surface area contributed by atoms with Crippen LogP contribution in [0.1, 0.15) is 5.82 Å². The molecular formula is C15H14ClN5O2. The molecule has 1 amide bonds. The van der Waals surface area contributed by atoms with Gasteiger partial charge in [0.1, 0.15) is 17.1 Å². The standard InChI is InChI=1S/C15H14ClN5O2/c1-18-6-10-13(17)12(16)11(15(22)21-10)14-19-8-4-3-7(23-2)5-9(8)20-14/h3-6,17-18H,1-2H3,(H,19,20)(H,21,22)/b10-6+,17-13?. The van der Waals surface area contributed by atoms with Crippen molar-refractivity contribution in [3.8, 4) is 5.75 Å². The number of imidazole rings is 1. The molecule has 2 heterocycles. The number of hydrogen-bond donors (Lipinski definition) is 4. The molecular weight excluding hydrogens is 318 g/mol. The molecule has 118 valence electrons. The smallest absolute Gasteiger partial charge is 0.261 e. The van der Waals surface area contributed by atoms with Crippen molar-refractivity contribution in [2.75, 3.05) is 14.2 Å². The van der Waals surface area contributed by atoms with E-state index in [1.165, 1.54) is 6.20 Å². The number of carbonyl (C=O) groups excluding carboxylic acids is 1. The summed E-state index contributed by atoms with van der Waals surface area (Å²) in [5.74, 6) is 0.565. The summed E-state index contributed by atoms with van der Waals surface area (Å²) in [6, 6.07) is 5.33. The number of carbonyl (C=O) groups is 1. The molecule has 4 N–H and O–H groups in total. The molecule has 0 spiro atoms. The van der Waals surface area contributed by atoms with Gasteiger partial charge in [-0.25, -0.2) is 4.98 Å². The van der Waals surface area contributed by atoms with Gasteiger partial charge in [-0.2, -0.15) is 0 Å². The van der Waals surface area contributed by atoms with Gasteiger partial charge in [-0.3, -0.25) is 10.2 Å². The van der Waals surface area contributed by atoms with E-state index in [1.807, 2.05) is 0 Å². The fraction of sp³-hybridized carbons (Fsp3) is 0.133. The number of aromatic nitrogens is 2. The molecule has 0 radical (unpaired) electrons. The molecule has 2 aromatic rings. The Bertz CT molecular complexity index is 881. The monoisotopic (exact) mass is 331 g/mol. The van der Waals surface area contributed by atoms with E-state index < -0.39 is 5.91 Å².